The van der Waals surface area contributed by atoms with Crippen molar-refractivity contribution in [1.29, 1.82) is 0 Å². The molecule has 0 spiro atoms. The standard InChI is InChI=1S/C12H26N2O2S/c1-11(2,3)10-17(15,16)14-7-5-12(4,9-13)6-8-14/h5-10,13H2,1-4H3. The molecule has 0 amide bonds. The van der Waals surface area contributed by atoms with Crippen LogP contribution in [0.5, 0.6) is 0 Å². The highest BCUT2D eigenvalue weighted by Gasteiger charge is 2.35. The summed E-state index contributed by atoms with van der Waals surface area (Å²) in [5.41, 5.74) is 5.66. The summed E-state index contributed by atoms with van der Waals surface area (Å²) in [5.74, 6) is 0.222. The van der Waals surface area contributed by atoms with Crippen LogP contribution in [-0.4, -0.2) is 38.1 Å². The van der Waals surface area contributed by atoms with Gasteiger partial charge in [0.05, 0.1) is 5.75 Å². The maximum atomic E-state index is 12.2. The number of hydrogen-bond acceptors (Lipinski definition) is 3. The fourth-order valence-corrected chi connectivity index (χ4v) is 4.16. The van der Waals surface area contributed by atoms with Gasteiger partial charge in [0.2, 0.25) is 10.0 Å². The first kappa shape index (κ1) is 14.9. The molecule has 0 unspecified atom stereocenters. The zero-order valence-electron chi connectivity index (χ0n) is 11.5. The van der Waals surface area contributed by atoms with E-state index in [4.69, 9.17) is 5.73 Å². The lowest BCUT2D eigenvalue weighted by molar-refractivity contribution is 0.182. The second-order valence-corrected chi connectivity index (χ2v) is 8.70. The third kappa shape index (κ3) is 4.23. The average molecular weight is 262 g/mol. The summed E-state index contributed by atoms with van der Waals surface area (Å²) in [6.45, 7) is 9.88. The Morgan fingerprint density at radius 3 is 2.06 bits per heavy atom. The third-order valence-electron chi connectivity index (χ3n) is 3.43. The minimum Gasteiger partial charge on any atom is -0.330 e. The van der Waals surface area contributed by atoms with Gasteiger partial charge in [-0.25, -0.2) is 12.7 Å². The SMILES string of the molecule is CC(C)(C)CS(=O)(=O)N1CCC(C)(CN)CC1. The van der Waals surface area contributed by atoms with E-state index in [-0.39, 0.29) is 16.6 Å². The van der Waals surface area contributed by atoms with Crippen LogP contribution in [0.25, 0.3) is 0 Å². The van der Waals surface area contributed by atoms with Crippen molar-refractivity contribution in [2.24, 2.45) is 16.6 Å². The molecule has 0 bridgehead atoms. The smallest absolute Gasteiger partial charge is 0.214 e. The van der Waals surface area contributed by atoms with E-state index in [1.54, 1.807) is 4.31 Å². The molecule has 5 heteroatoms. The van der Waals surface area contributed by atoms with Crippen molar-refractivity contribution < 1.29 is 8.42 Å². The van der Waals surface area contributed by atoms with Gasteiger partial charge < -0.3 is 5.73 Å². The second kappa shape index (κ2) is 4.86. The van der Waals surface area contributed by atoms with Crippen molar-refractivity contribution in [3.63, 3.8) is 0 Å². The van der Waals surface area contributed by atoms with Gasteiger partial charge in [0.15, 0.2) is 0 Å². The van der Waals surface area contributed by atoms with E-state index in [0.717, 1.165) is 12.8 Å². The van der Waals surface area contributed by atoms with E-state index in [1.807, 2.05) is 20.8 Å². The highest BCUT2D eigenvalue weighted by Crippen LogP contribution is 2.31. The predicted octanol–water partition coefficient (Wildman–Crippen LogP) is 1.42. The molecule has 1 saturated heterocycles. The van der Waals surface area contributed by atoms with Crippen molar-refractivity contribution in [1.82, 2.24) is 4.31 Å². The van der Waals surface area contributed by atoms with Crippen LogP contribution in [0.1, 0.15) is 40.5 Å². The van der Waals surface area contributed by atoms with Crippen LogP contribution in [0.15, 0.2) is 0 Å². The van der Waals surface area contributed by atoms with Crippen LogP contribution in [0.4, 0.5) is 0 Å². The zero-order valence-corrected chi connectivity index (χ0v) is 12.3. The Morgan fingerprint density at radius 1 is 1.24 bits per heavy atom. The van der Waals surface area contributed by atoms with E-state index in [2.05, 4.69) is 6.92 Å². The van der Waals surface area contributed by atoms with Crippen molar-refractivity contribution in [2.75, 3.05) is 25.4 Å². The molecule has 0 aromatic heterocycles. The molecule has 2 N–H and O–H groups in total. The summed E-state index contributed by atoms with van der Waals surface area (Å²) in [6, 6.07) is 0. The molecule has 1 aliphatic heterocycles. The summed E-state index contributed by atoms with van der Waals surface area (Å²) in [5, 5.41) is 0. The van der Waals surface area contributed by atoms with Crippen molar-refractivity contribution in [2.45, 2.75) is 40.5 Å². The van der Waals surface area contributed by atoms with Crippen LogP contribution < -0.4 is 5.73 Å². The monoisotopic (exact) mass is 262 g/mol. The molecule has 4 nitrogen and oxygen atoms in total. The van der Waals surface area contributed by atoms with Gasteiger partial charge in [-0.1, -0.05) is 27.7 Å². The van der Waals surface area contributed by atoms with Gasteiger partial charge in [0.25, 0.3) is 0 Å². The second-order valence-electron chi connectivity index (χ2n) is 6.73. The Morgan fingerprint density at radius 2 is 1.71 bits per heavy atom. The predicted molar refractivity (Wildman–Crippen MR) is 71.2 cm³/mol. The minimum absolute atomic E-state index is 0.119. The van der Waals surface area contributed by atoms with E-state index in [9.17, 15) is 8.42 Å². The molecule has 0 aliphatic carbocycles. The van der Waals surface area contributed by atoms with Crippen LogP contribution >= 0.6 is 0 Å². The number of nitrogens with two attached hydrogens (primary N) is 1. The number of sulfonamides is 1. The summed E-state index contributed by atoms with van der Waals surface area (Å²) in [6.07, 6.45) is 1.74. The Hall–Kier alpha value is -0.130. The fraction of sp³-hybridized carbons (Fsp3) is 1.00. The highest BCUT2D eigenvalue weighted by molar-refractivity contribution is 7.89. The van der Waals surface area contributed by atoms with Crippen molar-refractivity contribution >= 4 is 10.0 Å². The van der Waals surface area contributed by atoms with Gasteiger partial charge in [-0.2, -0.15) is 0 Å². The van der Waals surface area contributed by atoms with Gasteiger partial charge in [0, 0.05) is 13.1 Å². The largest absolute Gasteiger partial charge is 0.330 e. The van der Waals surface area contributed by atoms with Crippen molar-refractivity contribution in [3.05, 3.63) is 0 Å². The van der Waals surface area contributed by atoms with Gasteiger partial charge >= 0.3 is 0 Å². The minimum atomic E-state index is -3.11. The number of nitrogens with zero attached hydrogens (tertiary/aromatic N) is 1. The summed E-state index contributed by atoms with van der Waals surface area (Å²) < 4.78 is 26.0. The molecule has 0 aromatic carbocycles. The molecule has 1 aliphatic rings. The molecule has 102 valence electrons. The van der Waals surface area contributed by atoms with E-state index >= 15 is 0 Å². The first-order chi connectivity index (χ1) is 7.58. The van der Waals surface area contributed by atoms with E-state index < -0.39 is 10.0 Å². The maximum absolute atomic E-state index is 12.2. The van der Waals surface area contributed by atoms with Gasteiger partial charge in [-0.3, -0.25) is 0 Å². The van der Waals surface area contributed by atoms with Gasteiger partial charge in [-0.05, 0) is 30.2 Å². The topological polar surface area (TPSA) is 63.4 Å². The van der Waals surface area contributed by atoms with Crippen LogP contribution in [0.3, 0.4) is 0 Å². The first-order valence-electron chi connectivity index (χ1n) is 6.26. The van der Waals surface area contributed by atoms with E-state index in [1.165, 1.54) is 0 Å². The molecule has 1 heterocycles. The third-order valence-corrected chi connectivity index (χ3v) is 5.81. The summed E-state index contributed by atoms with van der Waals surface area (Å²) in [7, 11) is -3.11. The number of hydrogen-bond donors (Lipinski definition) is 1. The Bertz CT molecular complexity index is 349. The average Bonchev–Trinajstić information content (AvgIpc) is 2.15. The lowest BCUT2D eigenvalue weighted by Crippen LogP contribution is -2.46. The summed E-state index contributed by atoms with van der Waals surface area (Å²) in [4.78, 5) is 0. The molecule has 0 saturated carbocycles. The molecule has 1 fully saturated rings. The summed E-state index contributed by atoms with van der Waals surface area (Å²) >= 11 is 0. The Kier molecular flexibility index (Phi) is 4.27. The molecule has 0 radical (unpaired) electrons. The molecule has 0 atom stereocenters. The van der Waals surface area contributed by atoms with Gasteiger partial charge in [-0.15, -0.1) is 0 Å². The highest BCUT2D eigenvalue weighted by atomic mass is 32.2. The quantitative estimate of drug-likeness (QED) is 0.836. The Labute approximate surface area is 106 Å². The van der Waals surface area contributed by atoms with Crippen LogP contribution in [-0.2, 0) is 10.0 Å². The first-order valence-corrected chi connectivity index (χ1v) is 7.87. The molecule has 17 heavy (non-hydrogen) atoms. The number of piperidine rings is 1. The van der Waals surface area contributed by atoms with Crippen molar-refractivity contribution in [3.8, 4) is 0 Å². The molecular formula is C12H26N2O2S. The molecular weight excluding hydrogens is 236 g/mol. The lowest BCUT2D eigenvalue weighted by Gasteiger charge is -2.38. The lowest BCUT2D eigenvalue weighted by atomic mass is 9.81. The normalized spacial score (nSPS) is 22.6. The zero-order chi connectivity index (χ0) is 13.3. The fourth-order valence-electron chi connectivity index (χ4n) is 2.15. The number of rotatable bonds is 3. The van der Waals surface area contributed by atoms with Crippen LogP contribution in [0.2, 0.25) is 0 Å². The maximum Gasteiger partial charge on any atom is 0.214 e. The van der Waals surface area contributed by atoms with Gasteiger partial charge in [0.1, 0.15) is 0 Å². The van der Waals surface area contributed by atoms with E-state index in [0.29, 0.717) is 19.6 Å². The van der Waals surface area contributed by atoms with Crippen LogP contribution in [0, 0.1) is 10.8 Å². The Balaban J connectivity index is 2.66. The molecule has 1 rings (SSSR count). The molecule has 0 aromatic rings.